The maximum Gasteiger partial charge on any atom is 0.253 e. The number of benzene rings is 2. The van der Waals surface area contributed by atoms with Gasteiger partial charge in [0.15, 0.2) is 0 Å². The van der Waals surface area contributed by atoms with Crippen molar-refractivity contribution in [3.63, 3.8) is 0 Å². The second-order valence-corrected chi connectivity index (χ2v) is 7.88. The van der Waals surface area contributed by atoms with Gasteiger partial charge in [-0.05, 0) is 48.8 Å². The zero-order chi connectivity index (χ0) is 21.2. The van der Waals surface area contributed by atoms with E-state index >= 15 is 0 Å². The molecule has 1 atom stereocenters. The smallest absolute Gasteiger partial charge is 0.253 e. The summed E-state index contributed by atoms with van der Waals surface area (Å²) in [6.45, 7) is 3.97. The first-order chi connectivity index (χ1) is 13.9. The number of hydrogen-bond acceptors (Lipinski definition) is 4. The van der Waals surface area contributed by atoms with Gasteiger partial charge >= 0.3 is 0 Å². The Hall–Kier alpha value is -2.15. The van der Waals surface area contributed by atoms with Crippen LogP contribution in [0.1, 0.15) is 16.8 Å². The van der Waals surface area contributed by atoms with E-state index in [0.29, 0.717) is 35.2 Å². The highest BCUT2D eigenvalue weighted by atomic mass is 35.5. The summed E-state index contributed by atoms with van der Waals surface area (Å²) in [6.07, 6.45) is 4.05. The number of anilines is 1. The molecule has 2 rings (SSSR count). The number of thioether (sulfide) groups is 1. The van der Waals surface area contributed by atoms with Gasteiger partial charge in [-0.3, -0.25) is 9.59 Å². The van der Waals surface area contributed by atoms with Crippen molar-refractivity contribution >= 4 is 52.5 Å². The number of rotatable bonds is 10. The summed E-state index contributed by atoms with van der Waals surface area (Å²) in [5, 5.41) is 6.25. The predicted molar refractivity (Wildman–Crippen MR) is 121 cm³/mol. The molecule has 0 saturated heterocycles. The Bertz CT molecular complexity index is 877. The minimum absolute atomic E-state index is 0.228. The molecule has 0 aromatic heterocycles. The molecule has 2 aromatic rings. The van der Waals surface area contributed by atoms with Gasteiger partial charge in [0.2, 0.25) is 5.91 Å². The highest BCUT2D eigenvalue weighted by Gasteiger charge is 2.22. The summed E-state index contributed by atoms with van der Waals surface area (Å²) in [4.78, 5) is 25.4. The molecule has 154 valence electrons. The van der Waals surface area contributed by atoms with Crippen LogP contribution in [0.3, 0.4) is 0 Å². The first kappa shape index (κ1) is 23.1. The number of carbonyl (C=O) groups excluding carboxylic acids is 2. The summed E-state index contributed by atoms with van der Waals surface area (Å²) in [7, 11) is 0. The highest BCUT2D eigenvalue weighted by molar-refractivity contribution is 7.98. The van der Waals surface area contributed by atoms with Crippen LogP contribution in [0.4, 0.5) is 5.69 Å². The molecular formula is C21H22Cl2N2O3S. The fraction of sp³-hybridized carbons (Fsp3) is 0.238. The molecule has 2 N–H and O–H groups in total. The van der Waals surface area contributed by atoms with E-state index in [1.807, 2.05) is 6.26 Å². The maximum absolute atomic E-state index is 12.8. The van der Waals surface area contributed by atoms with Crippen LogP contribution in [0.2, 0.25) is 10.0 Å². The van der Waals surface area contributed by atoms with Crippen LogP contribution in [0.25, 0.3) is 0 Å². The van der Waals surface area contributed by atoms with E-state index in [2.05, 4.69) is 17.2 Å². The Labute approximate surface area is 184 Å². The third-order valence-corrected chi connectivity index (χ3v) is 5.07. The quantitative estimate of drug-likeness (QED) is 0.494. The SMILES string of the molecule is C=CCOc1cccc(NC(=O)C(CCSC)NC(=O)c2ccc(Cl)cc2Cl)c1. The zero-order valence-corrected chi connectivity index (χ0v) is 18.2. The third-order valence-electron chi connectivity index (χ3n) is 3.88. The van der Waals surface area contributed by atoms with Crippen LogP contribution >= 0.6 is 35.0 Å². The number of hydrogen-bond donors (Lipinski definition) is 2. The average molecular weight is 453 g/mol. The number of halogens is 2. The molecule has 0 aliphatic carbocycles. The molecule has 1 unspecified atom stereocenters. The highest BCUT2D eigenvalue weighted by Crippen LogP contribution is 2.22. The van der Waals surface area contributed by atoms with Crippen LogP contribution in [-0.2, 0) is 4.79 Å². The Morgan fingerprint density at radius 2 is 2.03 bits per heavy atom. The monoisotopic (exact) mass is 452 g/mol. The number of nitrogens with one attached hydrogen (secondary N) is 2. The minimum atomic E-state index is -0.723. The first-order valence-electron chi connectivity index (χ1n) is 8.84. The van der Waals surface area contributed by atoms with E-state index in [-0.39, 0.29) is 16.5 Å². The van der Waals surface area contributed by atoms with Crippen molar-refractivity contribution in [3.05, 3.63) is 70.7 Å². The van der Waals surface area contributed by atoms with Gasteiger partial charge in [0.25, 0.3) is 5.91 Å². The average Bonchev–Trinajstić information content (AvgIpc) is 2.69. The summed E-state index contributed by atoms with van der Waals surface area (Å²) >= 11 is 13.6. The first-order valence-corrected chi connectivity index (χ1v) is 11.0. The molecule has 0 saturated carbocycles. The van der Waals surface area contributed by atoms with Gasteiger partial charge in [-0.1, -0.05) is 41.9 Å². The number of carbonyl (C=O) groups is 2. The lowest BCUT2D eigenvalue weighted by molar-refractivity contribution is -0.118. The second-order valence-electron chi connectivity index (χ2n) is 6.05. The topological polar surface area (TPSA) is 67.4 Å². The van der Waals surface area contributed by atoms with Crippen molar-refractivity contribution in [3.8, 4) is 5.75 Å². The normalized spacial score (nSPS) is 11.4. The third kappa shape index (κ3) is 7.31. The minimum Gasteiger partial charge on any atom is -0.489 e. The Morgan fingerprint density at radius 1 is 1.24 bits per heavy atom. The molecule has 0 aliphatic rings. The summed E-state index contributed by atoms with van der Waals surface area (Å²) in [5.41, 5.74) is 0.835. The van der Waals surface area contributed by atoms with Crippen molar-refractivity contribution < 1.29 is 14.3 Å². The predicted octanol–water partition coefficient (Wildman–Crippen LogP) is 5.05. The zero-order valence-electron chi connectivity index (χ0n) is 15.9. The van der Waals surface area contributed by atoms with Crippen molar-refractivity contribution in [1.29, 1.82) is 0 Å². The molecule has 2 amide bonds. The van der Waals surface area contributed by atoms with Crippen LogP contribution in [0.15, 0.2) is 55.1 Å². The number of amides is 2. The number of ether oxygens (including phenoxy) is 1. The molecule has 29 heavy (non-hydrogen) atoms. The Balaban J connectivity index is 2.11. The molecule has 0 bridgehead atoms. The van der Waals surface area contributed by atoms with Crippen molar-refractivity contribution in [2.45, 2.75) is 12.5 Å². The van der Waals surface area contributed by atoms with Gasteiger partial charge in [-0.2, -0.15) is 11.8 Å². The lowest BCUT2D eigenvalue weighted by Gasteiger charge is -2.19. The van der Waals surface area contributed by atoms with Crippen LogP contribution < -0.4 is 15.4 Å². The van der Waals surface area contributed by atoms with Crippen LogP contribution in [-0.4, -0.2) is 36.5 Å². The van der Waals surface area contributed by atoms with Crippen molar-refractivity contribution in [2.75, 3.05) is 23.9 Å². The Kier molecular flexibility index (Phi) is 9.38. The summed E-state index contributed by atoms with van der Waals surface area (Å²) in [6, 6.07) is 10.9. The lowest BCUT2D eigenvalue weighted by atomic mass is 10.1. The van der Waals surface area contributed by atoms with Crippen LogP contribution in [0.5, 0.6) is 5.75 Å². The maximum atomic E-state index is 12.8. The molecule has 0 heterocycles. The molecule has 0 radical (unpaired) electrons. The molecule has 8 heteroatoms. The molecule has 0 spiro atoms. The van der Waals surface area contributed by atoms with Crippen molar-refractivity contribution in [1.82, 2.24) is 5.32 Å². The summed E-state index contributed by atoms with van der Waals surface area (Å²) < 4.78 is 5.48. The molecular weight excluding hydrogens is 431 g/mol. The van der Waals surface area contributed by atoms with E-state index in [4.69, 9.17) is 27.9 Å². The molecule has 0 aliphatic heterocycles. The van der Waals surface area contributed by atoms with Gasteiger partial charge < -0.3 is 15.4 Å². The Morgan fingerprint density at radius 3 is 2.72 bits per heavy atom. The van der Waals surface area contributed by atoms with E-state index in [1.54, 1.807) is 48.2 Å². The van der Waals surface area contributed by atoms with Gasteiger partial charge in [0.05, 0.1) is 10.6 Å². The lowest BCUT2D eigenvalue weighted by Crippen LogP contribution is -2.44. The fourth-order valence-electron chi connectivity index (χ4n) is 2.46. The second kappa shape index (κ2) is 11.8. The van der Waals surface area contributed by atoms with E-state index in [9.17, 15) is 9.59 Å². The van der Waals surface area contributed by atoms with E-state index < -0.39 is 11.9 Å². The standard InChI is InChI=1S/C21H22Cl2N2O3S/c1-3-10-28-16-6-4-5-15(13-16)24-21(27)19(9-11-29-2)25-20(26)17-8-7-14(22)12-18(17)23/h3-8,12-13,19H,1,9-11H2,2H3,(H,24,27)(H,25,26). The molecule has 0 fully saturated rings. The van der Waals surface area contributed by atoms with Crippen molar-refractivity contribution in [2.24, 2.45) is 0 Å². The van der Waals surface area contributed by atoms with Crippen LogP contribution in [0, 0.1) is 0 Å². The van der Waals surface area contributed by atoms with Gasteiger partial charge in [-0.15, -0.1) is 0 Å². The summed E-state index contributed by atoms with van der Waals surface area (Å²) in [5.74, 6) is 0.560. The van der Waals surface area contributed by atoms with Gasteiger partial charge in [0.1, 0.15) is 18.4 Å². The largest absolute Gasteiger partial charge is 0.489 e. The fourth-order valence-corrected chi connectivity index (χ4v) is 3.43. The molecule has 5 nitrogen and oxygen atoms in total. The van der Waals surface area contributed by atoms with Gasteiger partial charge in [0, 0.05) is 16.8 Å². The molecule has 2 aromatic carbocycles. The van der Waals surface area contributed by atoms with Gasteiger partial charge in [-0.25, -0.2) is 0 Å². The van der Waals surface area contributed by atoms with E-state index in [0.717, 1.165) is 0 Å². The van der Waals surface area contributed by atoms with E-state index in [1.165, 1.54) is 12.1 Å².